The molecule has 6 nitrogen and oxygen atoms in total. The van der Waals surface area contributed by atoms with Gasteiger partial charge in [0.1, 0.15) is 11.4 Å². The summed E-state index contributed by atoms with van der Waals surface area (Å²) in [6.45, 7) is 9.32. The van der Waals surface area contributed by atoms with E-state index in [1.54, 1.807) is 0 Å². The lowest BCUT2D eigenvalue weighted by molar-refractivity contribution is 0.0127. The third kappa shape index (κ3) is 4.55. The average Bonchev–Trinajstić information content (AvgIpc) is 3.10. The van der Waals surface area contributed by atoms with E-state index in [1.165, 1.54) is 12.1 Å². The highest BCUT2D eigenvalue weighted by Crippen LogP contribution is 2.33. The smallest absolute Gasteiger partial charge is 0.410 e. The monoisotopic (exact) mass is 402 g/mol. The van der Waals surface area contributed by atoms with Crippen LogP contribution in [0.25, 0.3) is 10.9 Å². The number of fused-ring (bicyclic) bond motifs is 1. The standard InChI is InChI=1S/C22H31FN4O2/c1-22(2,3)29-21(28)27-12-8-17(9-13-27)26-10-6-15(7-11-26)20-18-5-4-16(23)14-19(18)24-25-20/h4-5,14-15,17H,6-13H2,1-3H3,(H,24,25). The first-order valence-electron chi connectivity index (χ1n) is 10.7. The van der Waals surface area contributed by atoms with Crippen LogP contribution in [0.4, 0.5) is 9.18 Å². The van der Waals surface area contributed by atoms with Gasteiger partial charge >= 0.3 is 6.09 Å². The lowest BCUT2D eigenvalue weighted by Crippen LogP contribution is -2.49. The molecule has 2 aliphatic heterocycles. The van der Waals surface area contributed by atoms with Gasteiger partial charge in [0, 0.05) is 42.2 Å². The van der Waals surface area contributed by atoms with E-state index in [0.29, 0.717) is 17.5 Å². The van der Waals surface area contributed by atoms with Crippen molar-refractivity contribution in [2.24, 2.45) is 0 Å². The molecule has 2 aliphatic rings. The van der Waals surface area contributed by atoms with Crippen LogP contribution in [-0.4, -0.2) is 63.9 Å². The molecule has 1 amide bonds. The fraction of sp³-hybridized carbons (Fsp3) is 0.636. The van der Waals surface area contributed by atoms with Crippen LogP contribution in [0.1, 0.15) is 58.1 Å². The fourth-order valence-corrected chi connectivity index (χ4v) is 4.61. The Morgan fingerprint density at radius 3 is 2.48 bits per heavy atom. The number of halogens is 1. The number of carbonyl (C=O) groups excluding carboxylic acids is 1. The van der Waals surface area contributed by atoms with Crippen LogP contribution in [-0.2, 0) is 4.74 Å². The second kappa shape index (κ2) is 7.94. The molecular formula is C22H31FN4O2. The zero-order valence-electron chi connectivity index (χ0n) is 17.6. The molecule has 2 aromatic rings. The van der Waals surface area contributed by atoms with Gasteiger partial charge in [-0.25, -0.2) is 9.18 Å². The van der Waals surface area contributed by atoms with Crippen molar-refractivity contribution >= 4 is 17.0 Å². The molecule has 1 aromatic carbocycles. The van der Waals surface area contributed by atoms with E-state index in [-0.39, 0.29) is 11.9 Å². The van der Waals surface area contributed by atoms with Crippen molar-refractivity contribution in [3.8, 4) is 0 Å². The molecule has 1 aromatic heterocycles. The van der Waals surface area contributed by atoms with Gasteiger partial charge in [0.2, 0.25) is 0 Å². The van der Waals surface area contributed by atoms with Crippen LogP contribution in [0.2, 0.25) is 0 Å². The first-order chi connectivity index (χ1) is 13.8. The highest BCUT2D eigenvalue weighted by Gasteiger charge is 2.32. The largest absolute Gasteiger partial charge is 0.444 e. The number of ether oxygens (including phenoxy) is 1. The number of nitrogens with zero attached hydrogens (tertiary/aromatic N) is 3. The molecule has 1 N–H and O–H groups in total. The number of hydrogen-bond donors (Lipinski definition) is 1. The molecule has 4 rings (SSSR count). The molecule has 2 saturated heterocycles. The molecular weight excluding hydrogens is 371 g/mol. The number of benzene rings is 1. The van der Waals surface area contributed by atoms with Crippen molar-refractivity contribution in [3.63, 3.8) is 0 Å². The van der Waals surface area contributed by atoms with Gasteiger partial charge in [-0.05, 0) is 71.7 Å². The van der Waals surface area contributed by atoms with Crippen LogP contribution < -0.4 is 0 Å². The average molecular weight is 403 g/mol. The Balaban J connectivity index is 1.30. The minimum Gasteiger partial charge on any atom is -0.444 e. The van der Waals surface area contributed by atoms with E-state index in [4.69, 9.17) is 4.74 Å². The van der Waals surface area contributed by atoms with Crippen molar-refractivity contribution < 1.29 is 13.9 Å². The summed E-state index contributed by atoms with van der Waals surface area (Å²) in [7, 11) is 0. The Kier molecular flexibility index (Phi) is 5.51. The van der Waals surface area contributed by atoms with Crippen LogP contribution >= 0.6 is 0 Å². The molecule has 0 atom stereocenters. The SMILES string of the molecule is CC(C)(C)OC(=O)N1CCC(N2CCC(c3[nH]nc4cc(F)ccc34)CC2)CC1. The van der Waals surface area contributed by atoms with Gasteiger partial charge in [-0.3, -0.25) is 5.10 Å². The van der Waals surface area contributed by atoms with E-state index in [0.717, 1.165) is 62.9 Å². The minimum atomic E-state index is -0.446. The summed E-state index contributed by atoms with van der Waals surface area (Å²) >= 11 is 0. The van der Waals surface area contributed by atoms with Crippen molar-refractivity contribution in [2.75, 3.05) is 26.2 Å². The van der Waals surface area contributed by atoms with E-state index in [1.807, 2.05) is 31.7 Å². The summed E-state index contributed by atoms with van der Waals surface area (Å²) < 4.78 is 18.9. The Morgan fingerprint density at radius 2 is 1.83 bits per heavy atom. The molecule has 0 aliphatic carbocycles. The zero-order valence-corrected chi connectivity index (χ0v) is 17.6. The fourth-order valence-electron chi connectivity index (χ4n) is 4.61. The highest BCUT2D eigenvalue weighted by atomic mass is 19.1. The van der Waals surface area contributed by atoms with Crippen LogP contribution in [0.5, 0.6) is 0 Å². The van der Waals surface area contributed by atoms with Gasteiger partial charge in [0.25, 0.3) is 0 Å². The van der Waals surface area contributed by atoms with Crippen LogP contribution in [0, 0.1) is 5.82 Å². The van der Waals surface area contributed by atoms with Gasteiger partial charge in [-0.2, -0.15) is 5.10 Å². The number of H-pyrrole nitrogens is 1. The van der Waals surface area contributed by atoms with Gasteiger partial charge in [0.05, 0.1) is 5.52 Å². The molecule has 2 fully saturated rings. The lowest BCUT2D eigenvalue weighted by atomic mass is 9.90. The number of aromatic nitrogens is 2. The maximum atomic E-state index is 13.4. The Hall–Kier alpha value is -2.15. The number of likely N-dealkylation sites (tertiary alicyclic amines) is 2. The third-order valence-corrected chi connectivity index (χ3v) is 6.12. The van der Waals surface area contributed by atoms with Crippen LogP contribution in [0.15, 0.2) is 18.2 Å². The Morgan fingerprint density at radius 1 is 1.14 bits per heavy atom. The predicted molar refractivity (Wildman–Crippen MR) is 110 cm³/mol. The van der Waals surface area contributed by atoms with Crippen LogP contribution in [0.3, 0.4) is 0 Å². The van der Waals surface area contributed by atoms with Gasteiger partial charge < -0.3 is 14.5 Å². The summed E-state index contributed by atoms with van der Waals surface area (Å²) in [4.78, 5) is 16.7. The summed E-state index contributed by atoms with van der Waals surface area (Å²) in [6, 6.07) is 5.36. The number of rotatable bonds is 2. The van der Waals surface area contributed by atoms with Crippen molar-refractivity contribution in [2.45, 2.75) is 64.0 Å². The maximum absolute atomic E-state index is 13.4. The molecule has 0 unspecified atom stereocenters. The van der Waals surface area contributed by atoms with E-state index in [2.05, 4.69) is 15.1 Å². The van der Waals surface area contributed by atoms with Gasteiger partial charge in [-0.1, -0.05) is 0 Å². The second-order valence-corrected chi connectivity index (χ2v) is 9.31. The Bertz CT molecular complexity index is 859. The normalized spacial score (nSPS) is 20.3. The van der Waals surface area contributed by atoms with E-state index in [9.17, 15) is 9.18 Å². The molecule has 7 heteroatoms. The first-order valence-corrected chi connectivity index (χ1v) is 10.7. The van der Waals surface area contributed by atoms with Crippen molar-refractivity contribution in [3.05, 3.63) is 29.7 Å². The minimum absolute atomic E-state index is 0.197. The summed E-state index contributed by atoms with van der Waals surface area (Å²) in [6.07, 6.45) is 3.94. The molecule has 0 bridgehead atoms. The number of amides is 1. The van der Waals surface area contributed by atoms with Gasteiger partial charge in [0.15, 0.2) is 0 Å². The zero-order chi connectivity index (χ0) is 20.6. The topological polar surface area (TPSA) is 61.5 Å². The number of piperidine rings is 2. The summed E-state index contributed by atoms with van der Waals surface area (Å²) in [5.74, 6) is 0.187. The molecule has 29 heavy (non-hydrogen) atoms. The highest BCUT2D eigenvalue weighted by molar-refractivity contribution is 5.81. The van der Waals surface area contributed by atoms with Crippen molar-refractivity contribution in [1.29, 1.82) is 0 Å². The van der Waals surface area contributed by atoms with E-state index < -0.39 is 5.60 Å². The Labute approximate surface area is 171 Å². The first kappa shape index (κ1) is 20.1. The quantitative estimate of drug-likeness (QED) is 0.814. The van der Waals surface area contributed by atoms with Gasteiger partial charge in [-0.15, -0.1) is 0 Å². The van der Waals surface area contributed by atoms with Crippen molar-refractivity contribution in [1.82, 2.24) is 20.0 Å². The number of nitrogens with one attached hydrogen (secondary N) is 1. The molecule has 0 radical (unpaired) electrons. The lowest BCUT2D eigenvalue weighted by Gasteiger charge is -2.41. The molecule has 0 spiro atoms. The summed E-state index contributed by atoms with van der Waals surface area (Å²) in [5.41, 5.74) is 1.40. The number of hydrogen-bond acceptors (Lipinski definition) is 4. The number of carbonyl (C=O) groups is 1. The molecule has 0 saturated carbocycles. The van der Waals surface area contributed by atoms with E-state index >= 15 is 0 Å². The summed E-state index contributed by atoms with van der Waals surface area (Å²) in [5, 5.41) is 8.47. The maximum Gasteiger partial charge on any atom is 0.410 e. The third-order valence-electron chi connectivity index (χ3n) is 6.12. The second-order valence-electron chi connectivity index (χ2n) is 9.31. The number of aromatic amines is 1. The molecule has 158 valence electrons. The predicted octanol–water partition coefficient (Wildman–Crippen LogP) is 4.28. The molecule has 3 heterocycles.